The number of hydrogen-bond acceptors (Lipinski definition) is 6. The average Bonchev–Trinajstić information content (AvgIpc) is 2.57. The van der Waals surface area contributed by atoms with E-state index in [1.54, 1.807) is 0 Å². The Hall–Kier alpha value is -0.240. The molecule has 6 nitrogen and oxygen atoms in total. The number of hydrogen-bond donors (Lipinski definition) is 0. The fourth-order valence-corrected chi connectivity index (χ4v) is 3.41. The molecule has 0 amide bonds. The summed E-state index contributed by atoms with van der Waals surface area (Å²) in [6, 6.07) is 0. The third-order valence-electron chi connectivity index (χ3n) is 4.10. The van der Waals surface area contributed by atoms with Crippen LogP contribution in [0, 0.1) is 0 Å². The molecule has 0 spiro atoms. The minimum absolute atomic E-state index is 0.250. The minimum Gasteiger partial charge on any atom is -0.373 e. The molecule has 1 saturated carbocycles. The van der Waals surface area contributed by atoms with Crippen LogP contribution in [0.1, 0.15) is 41.5 Å². The summed E-state index contributed by atoms with van der Waals surface area (Å²) in [4.78, 5) is 0. The van der Waals surface area contributed by atoms with Gasteiger partial charge in [-0.15, -0.1) is 0 Å². The molecule has 0 aromatic carbocycles. The monoisotopic (exact) mass is 348 g/mol. The first-order chi connectivity index (χ1) is 11.7. The second-order valence-electron chi connectivity index (χ2n) is 5.52. The van der Waals surface area contributed by atoms with Crippen molar-refractivity contribution in [2.75, 3.05) is 39.6 Å². The summed E-state index contributed by atoms with van der Waals surface area (Å²) < 4.78 is 36.2. The van der Waals surface area contributed by atoms with Crippen molar-refractivity contribution in [1.82, 2.24) is 0 Å². The van der Waals surface area contributed by atoms with Gasteiger partial charge in [-0.3, -0.25) is 0 Å². The van der Waals surface area contributed by atoms with Gasteiger partial charge in [-0.05, 0) is 41.5 Å². The van der Waals surface area contributed by atoms with Gasteiger partial charge in [0.1, 0.15) is 36.6 Å². The van der Waals surface area contributed by atoms with Crippen LogP contribution in [0.3, 0.4) is 0 Å². The zero-order valence-electron chi connectivity index (χ0n) is 16.2. The van der Waals surface area contributed by atoms with Crippen molar-refractivity contribution in [3.05, 3.63) is 0 Å². The molecule has 24 heavy (non-hydrogen) atoms. The Bertz CT molecular complexity index is 224. The Morgan fingerprint density at radius 2 is 0.458 bits per heavy atom. The van der Waals surface area contributed by atoms with E-state index in [1.165, 1.54) is 0 Å². The predicted octanol–water partition coefficient (Wildman–Crippen LogP) is 2.43. The van der Waals surface area contributed by atoms with Crippen molar-refractivity contribution in [1.29, 1.82) is 0 Å². The first kappa shape index (κ1) is 21.8. The molecule has 1 aliphatic rings. The van der Waals surface area contributed by atoms with E-state index in [9.17, 15) is 0 Å². The summed E-state index contributed by atoms with van der Waals surface area (Å²) in [5.74, 6) is 0. The normalized spacial score (nSPS) is 33.8. The van der Waals surface area contributed by atoms with Crippen molar-refractivity contribution in [2.45, 2.75) is 78.2 Å². The molecule has 0 atom stereocenters. The average molecular weight is 348 g/mol. The van der Waals surface area contributed by atoms with Crippen LogP contribution in [0.5, 0.6) is 0 Å². The van der Waals surface area contributed by atoms with E-state index in [2.05, 4.69) is 0 Å². The molecule has 0 radical (unpaired) electrons. The maximum atomic E-state index is 6.03. The van der Waals surface area contributed by atoms with Crippen molar-refractivity contribution in [2.24, 2.45) is 0 Å². The van der Waals surface area contributed by atoms with Crippen molar-refractivity contribution in [3.63, 3.8) is 0 Å². The van der Waals surface area contributed by atoms with Gasteiger partial charge < -0.3 is 28.4 Å². The number of ether oxygens (including phenoxy) is 6. The Morgan fingerprint density at radius 1 is 0.333 bits per heavy atom. The second kappa shape index (κ2) is 12.2. The van der Waals surface area contributed by atoms with Crippen LogP contribution in [0.25, 0.3) is 0 Å². The van der Waals surface area contributed by atoms with Crippen LogP contribution in [0.2, 0.25) is 0 Å². The summed E-state index contributed by atoms with van der Waals surface area (Å²) in [5, 5.41) is 0. The van der Waals surface area contributed by atoms with E-state index in [0.29, 0.717) is 39.6 Å². The summed E-state index contributed by atoms with van der Waals surface area (Å²) in [7, 11) is 0. The highest BCUT2D eigenvalue weighted by Crippen LogP contribution is 2.33. The van der Waals surface area contributed by atoms with Gasteiger partial charge in [0, 0.05) is 39.6 Å². The van der Waals surface area contributed by atoms with Crippen LogP contribution in [0.15, 0.2) is 0 Å². The molecule has 0 unspecified atom stereocenters. The summed E-state index contributed by atoms with van der Waals surface area (Å²) in [6.07, 6.45) is -1.50. The van der Waals surface area contributed by atoms with Gasteiger partial charge in [-0.1, -0.05) is 0 Å². The van der Waals surface area contributed by atoms with Gasteiger partial charge in [0.05, 0.1) is 0 Å². The van der Waals surface area contributed by atoms with Crippen molar-refractivity contribution in [3.8, 4) is 0 Å². The third-order valence-corrected chi connectivity index (χ3v) is 4.10. The van der Waals surface area contributed by atoms with Crippen LogP contribution >= 0.6 is 0 Å². The largest absolute Gasteiger partial charge is 0.373 e. The highest BCUT2D eigenvalue weighted by Gasteiger charge is 2.54. The molecule has 0 heterocycles. The third kappa shape index (κ3) is 5.38. The zero-order chi connectivity index (χ0) is 17.9. The minimum atomic E-state index is -0.250. The van der Waals surface area contributed by atoms with E-state index in [0.717, 1.165) is 0 Å². The first-order valence-electron chi connectivity index (χ1n) is 9.39. The van der Waals surface area contributed by atoms with E-state index in [-0.39, 0.29) is 36.6 Å². The van der Waals surface area contributed by atoms with Crippen LogP contribution in [-0.2, 0) is 28.4 Å². The number of rotatable bonds is 12. The molecule has 0 aliphatic heterocycles. The molecule has 0 saturated heterocycles. The molecule has 0 bridgehead atoms. The van der Waals surface area contributed by atoms with Crippen molar-refractivity contribution < 1.29 is 28.4 Å². The first-order valence-corrected chi connectivity index (χ1v) is 9.39. The van der Waals surface area contributed by atoms with Crippen LogP contribution < -0.4 is 0 Å². The van der Waals surface area contributed by atoms with E-state index < -0.39 is 0 Å². The van der Waals surface area contributed by atoms with Gasteiger partial charge in [-0.25, -0.2) is 0 Å². The molecule has 1 fully saturated rings. The fraction of sp³-hybridized carbons (Fsp3) is 1.00. The Balaban J connectivity index is 3.22. The van der Waals surface area contributed by atoms with Crippen LogP contribution in [-0.4, -0.2) is 76.3 Å². The standard InChI is InChI=1S/C18H36O6/c1-7-19-13-14(20-8-2)16(22-10-4)18(24-12-6)17(23-11-5)15(13)21-9-3/h13-18H,7-12H2,1-6H3. The summed E-state index contributed by atoms with van der Waals surface area (Å²) in [6.45, 7) is 15.3. The maximum absolute atomic E-state index is 6.03. The Kier molecular flexibility index (Phi) is 11.1. The quantitative estimate of drug-likeness (QED) is 0.540. The molecule has 6 heteroatoms. The summed E-state index contributed by atoms with van der Waals surface area (Å²) in [5.41, 5.74) is 0. The van der Waals surface area contributed by atoms with Gasteiger partial charge in [0.25, 0.3) is 0 Å². The van der Waals surface area contributed by atoms with Crippen molar-refractivity contribution >= 4 is 0 Å². The molecule has 0 N–H and O–H groups in total. The molecule has 1 rings (SSSR count). The SMILES string of the molecule is CCOC1C(OCC)C(OCC)C(OCC)C(OCC)C1OCC. The van der Waals surface area contributed by atoms with Gasteiger partial charge in [0.15, 0.2) is 0 Å². The lowest BCUT2D eigenvalue weighted by atomic mass is 9.83. The highest BCUT2D eigenvalue weighted by molar-refractivity contribution is 5.03. The molecule has 0 aromatic rings. The van der Waals surface area contributed by atoms with Gasteiger partial charge in [-0.2, -0.15) is 0 Å². The van der Waals surface area contributed by atoms with E-state index in [4.69, 9.17) is 28.4 Å². The predicted molar refractivity (Wildman–Crippen MR) is 92.5 cm³/mol. The topological polar surface area (TPSA) is 55.4 Å². The summed E-state index contributed by atoms with van der Waals surface area (Å²) >= 11 is 0. The molecule has 144 valence electrons. The van der Waals surface area contributed by atoms with E-state index >= 15 is 0 Å². The molecular formula is C18H36O6. The van der Waals surface area contributed by atoms with Gasteiger partial charge >= 0.3 is 0 Å². The smallest absolute Gasteiger partial charge is 0.115 e. The fourth-order valence-electron chi connectivity index (χ4n) is 3.41. The lowest BCUT2D eigenvalue weighted by molar-refractivity contribution is -0.278. The molecular weight excluding hydrogens is 312 g/mol. The Labute approximate surface area is 147 Å². The highest BCUT2D eigenvalue weighted by atomic mass is 16.6. The molecule has 0 aromatic heterocycles. The maximum Gasteiger partial charge on any atom is 0.115 e. The Morgan fingerprint density at radius 3 is 0.542 bits per heavy atom. The van der Waals surface area contributed by atoms with Gasteiger partial charge in [0.2, 0.25) is 0 Å². The zero-order valence-corrected chi connectivity index (χ0v) is 16.2. The lowest BCUT2D eigenvalue weighted by Crippen LogP contribution is -2.67. The van der Waals surface area contributed by atoms with E-state index in [1.807, 2.05) is 41.5 Å². The molecule has 1 aliphatic carbocycles. The second-order valence-corrected chi connectivity index (χ2v) is 5.52. The van der Waals surface area contributed by atoms with Crippen LogP contribution in [0.4, 0.5) is 0 Å². The lowest BCUT2D eigenvalue weighted by Gasteiger charge is -2.49.